The van der Waals surface area contributed by atoms with Gasteiger partial charge in [0.05, 0.1) is 0 Å². The van der Waals surface area contributed by atoms with Crippen LogP contribution in [-0.2, 0) is 32.0 Å². The van der Waals surface area contributed by atoms with Gasteiger partial charge in [-0.25, -0.2) is 9.59 Å². The number of aromatic nitrogens is 1. The average molecular weight is 418 g/mol. The van der Waals surface area contributed by atoms with Crippen LogP contribution in [0.2, 0.25) is 0 Å². The third-order valence-corrected chi connectivity index (χ3v) is 4.00. The van der Waals surface area contributed by atoms with E-state index in [2.05, 4.69) is 5.32 Å². The van der Waals surface area contributed by atoms with Crippen LogP contribution in [0.25, 0.3) is 10.9 Å². The van der Waals surface area contributed by atoms with Gasteiger partial charge >= 0.3 is 18.0 Å². The topological polar surface area (TPSA) is 107 Å². The number of nitrogens with zero attached hydrogens (tertiary/aromatic N) is 1. The number of alkyl carbamates (subject to hydrolysis) is 1. The van der Waals surface area contributed by atoms with Crippen LogP contribution in [0.1, 0.15) is 47.1 Å². The fraction of sp³-hybridized carbons (Fsp3) is 0.500. The highest BCUT2D eigenvalue weighted by Crippen LogP contribution is 2.23. The first kappa shape index (κ1) is 23.3. The summed E-state index contributed by atoms with van der Waals surface area (Å²) in [6, 6.07) is 6.19. The SMILES string of the molecule is CC(C)(C)OC(=O)Cn1cc(CC(NC(=O)OC(C)(C)C)C(=O)O)c2ccccc21. The number of amides is 1. The number of fused-ring (bicyclic) bond motifs is 1. The van der Waals surface area contributed by atoms with E-state index in [1.807, 2.05) is 24.3 Å². The lowest BCUT2D eigenvalue weighted by atomic mass is 10.1. The van der Waals surface area contributed by atoms with E-state index in [1.165, 1.54) is 0 Å². The maximum absolute atomic E-state index is 12.3. The molecule has 0 fully saturated rings. The van der Waals surface area contributed by atoms with Crippen LogP contribution < -0.4 is 5.32 Å². The van der Waals surface area contributed by atoms with Gasteiger partial charge < -0.3 is 24.5 Å². The zero-order valence-corrected chi connectivity index (χ0v) is 18.3. The molecule has 164 valence electrons. The maximum atomic E-state index is 12.3. The van der Waals surface area contributed by atoms with Gasteiger partial charge in [0.25, 0.3) is 0 Å². The average Bonchev–Trinajstić information content (AvgIpc) is 2.88. The van der Waals surface area contributed by atoms with Crippen molar-refractivity contribution in [3.05, 3.63) is 36.0 Å². The molecule has 2 aromatic rings. The minimum absolute atomic E-state index is 0.00494. The Morgan fingerprint density at radius 1 is 1.03 bits per heavy atom. The minimum Gasteiger partial charge on any atom is -0.480 e. The number of hydrogen-bond acceptors (Lipinski definition) is 5. The van der Waals surface area contributed by atoms with E-state index in [1.54, 1.807) is 52.3 Å². The number of benzene rings is 1. The Balaban J connectivity index is 2.26. The molecule has 0 radical (unpaired) electrons. The summed E-state index contributed by atoms with van der Waals surface area (Å²) >= 11 is 0. The molecular weight excluding hydrogens is 388 g/mol. The molecule has 1 unspecified atom stereocenters. The van der Waals surface area contributed by atoms with Gasteiger partial charge in [0.2, 0.25) is 0 Å². The molecule has 0 aliphatic rings. The Hall–Kier alpha value is -3.03. The number of hydrogen-bond donors (Lipinski definition) is 2. The molecule has 0 aliphatic heterocycles. The molecular formula is C22H30N2O6. The Labute approximate surface area is 176 Å². The van der Waals surface area contributed by atoms with Crippen LogP contribution in [-0.4, -0.2) is 44.9 Å². The molecule has 1 aromatic carbocycles. The normalized spacial score (nSPS) is 13.0. The number of carbonyl (C=O) groups is 3. The Kier molecular flexibility index (Phi) is 6.80. The highest BCUT2D eigenvalue weighted by molar-refractivity contribution is 5.87. The van der Waals surface area contributed by atoms with Gasteiger partial charge in [0, 0.05) is 23.5 Å². The molecule has 1 heterocycles. The van der Waals surface area contributed by atoms with Crippen LogP contribution >= 0.6 is 0 Å². The van der Waals surface area contributed by atoms with Crippen LogP contribution in [0.3, 0.4) is 0 Å². The van der Waals surface area contributed by atoms with Gasteiger partial charge in [0.15, 0.2) is 0 Å². The number of para-hydroxylation sites is 1. The molecule has 30 heavy (non-hydrogen) atoms. The number of ether oxygens (including phenoxy) is 2. The summed E-state index contributed by atoms with van der Waals surface area (Å²) in [4.78, 5) is 36.1. The van der Waals surface area contributed by atoms with E-state index in [9.17, 15) is 19.5 Å². The van der Waals surface area contributed by atoms with Crippen molar-refractivity contribution in [3.8, 4) is 0 Å². The number of aliphatic carboxylic acids is 1. The molecule has 0 saturated heterocycles. The summed E-state index contributed by atoms with van der Waals surface area (Å²) < 4.78 is 12.3. The molecule has 0 spiro atoms. The molecule has 2 N–H and O–H groups in total. The molecule has 0 aliphatic carbocycles. The Morgan fingerprint density at radius 3 is 2.20 bits per heavy atom. The summed E-state index contributed by atoms with van der Waals surface area (Å²) in [5.41, 5.74) is 0.128. The van der Waals surface area contributed by atoms with Crippen molar-refractivity contribution in [2.75, 3.05) is 0 Å². The first-order valence-corrected chi connectivity index (χ1v) is 9.76. The number of carboxylic acids is 1. The van der Waals surface area contributed by atoms with Gasteiger partial charge in [-0.1, -0.05) is 18.2 Å². The van der Waals surface area contributed by atoms with E-state index < -0.39 is 35.3 Å². The largest absolute Gasteiger partial charge is 0.480 e. The number of carboxylic acid groups (broad SMARTS) is 1. The van der Waals surface area contributed by atoms with Crippen LogP contribution in [0.4, 0.5) is 4.79 Å². The second-order valence-corrected chi connectivity index (χ2v) is 9.13. The monoisotopic (exact) mass is 418 g/mol. The zero-order valence-electron chi connectivity index (χ0n) is 18.3. The molecule has 1 aromatic heterocycles. The van der Waals surface area contributed by atoms with E-state index in [0.29, 0.717) is 5.56 Å². The molecule has 8 heteroatoms. The summed E-state index contributed by atoms with van der Waals surface area (Å²) in [5, 5.41) is 12.8. The van der Waals surface area contributed by atoms with E-state index in [4.69, 9.17) is 9.47 Å². The minimum atomic E-state index is -1.18. The van der Waals surface area contributed by atoms with Crippen molar-refractivity contribution in [2.24, 2.45) is 0 Å². The lowest BCUT2D eigenvalue weighted by molar-refractivity contribution is -0.155. The predicted molar refractivity (Wildman–Crippen MR) is 112 cm³/mol. The molecule has 1 amide bonds. The van der Waals surface area contributed by atoms with Gasteiger partial charge in [-0.2, -0.15) is 0 Å². The standard InChI is InChI=1S/C22H30N2O6/c1-21(2,3)29-18(25)13-24-12-14(15-9-7-8-10-17(15)24)11-16(19(26)27)23-20(28)30-22(4,5)6/h7-10,12,16H,11,13H2,1-6H3,(H,23,28)(H,26,27). The first-order chi connectivity index (χ1) is 13.7. The van der Waals surface area contributed by atoms with Crippen molar-refractivity contribution in [1.29, 1.82) is 0 Å². The Bertz CT molecular complexity index is 933. The smallest absolute Gasteiger partial charge is 0.408 e. The number of nitrogens with one attached hydrogen (secondary N) is 1. The third kappa shape index (κ3) is 6.79. The second-order valence-electron chi connectivity index (χ2n) is 9.13. The van der Waals surface area contributed by atoms with Crippen molar-refractivity contribution in [1.82, 2.24) is 9.88 Å². The van der Waals surface area contributed by atoms with Gasteiger partial charge in [-0.05, 0) is 53.2 Å². The second kappa shape index (κ2) is 8.77. The molecule has 0 bridgehead atoms. The summed E-state index contributed by atoms with van der Waals surface area (Å²) in [6.07, 6.45) is 0.963. The summed E-state index contributed by atoms with van der Waals surface area (Å²) in [6.45, 7) is 10.5. The van der Waals surface area contributed by atoms with E-state index >= 15 is 0 Å². The summed E-state index contributed by atoms with van der Waals surface area (Å²) in [5.74, 6) is -1.57. The Morgan fingerprint density at radius 2 is 1.63 bits per heavy atom. The predicted octanol–water partition coefficient (Wildman–Crippen LogP) is 3.50. The van der Waals surface area contributed by atoms with Crippen LogP contribution in [0.15, 0.2) is 30.5 Å². The van der Waals surface area contributed by atoms with Gasteiger partial charge in [-0.15, -0.1) is 0 Å². The lowest BCUT2D eigenvalue weighted by Crippen LogP contribution is -2.44. The quantitative estimate of drug-likeness (QED) is 0.696. The lowest BCUT2D eigenvalue weighted by Gasteiger charge is -2.22. The van der Waals surface area contributed by atoms with Gasteiger partial charge in [-0.3, -0.25) is 4.79 Å². The van der Waals surface area contributed by atoms with Crippen molar-refractivity contribution < 1.29 is 29.0 Å². The third-order valence-electron chi connectivity index (χ3n) is 4.00. The fourth-order valence-corrected chi connectivity index (χ4v) is 3.00. The highest BCUT2D eigenvalue weighted by atomic mass is 16.6. The maximum Gasteiger partial charge on any atom is 0.408 e. The molecule has 0 saturated carbocycles. The number of carbonyl (C=O) groups excluding carboxylic acids is 2. The fourth-order valence-electron chi connectivity index (χ4n) is 3.00. The number of esters is 1. The van der Waals surface area contributed by atoms with E-state index in [-0.39, 0.29) is 13.0 Å². The zero-order chi connectivity index (χ0) is 22.7. The molecule has 8 nitrogen and oxygen atoms in total. The number of rotatable bonds is 6. The van der Waals surface area contributed by atoms with Crippen LogP contribution in [0, 0.1) is 0 Å². The summed E-state index contributed by atoms with van der Waals surface area (Å²) in [7, 11) is 0. The van der Waals surface area contributed by atoms with Gasteiger partial charge in [0.1, 0.15) is 23.8 Å². The molecule has 1 atom stereocenters. The highest BCUT2D eigenvalue weighted by Gasteiger charge is 2.26. The van der Waals surface area contributed by atoms with Crippen molar-refractivity contribution in [3.63, 3.8) is 0 Å². The van der Waals surface area contributed by atoms with Crippen LogP contribution in [0.5, 0.6) is 0 Å². The van der Waals surface area contributed by atoms with E-state index in [0.717, 1.165) is 10.9 Å². The van der Waals surface area contributed by atoms with Crippen molar-refractivity contribution in [2.45, 2.75) is 71.8 Å². The molecule has 2 rings (SSSR count). The first-order valence-electron chi connectivity index (χ1n) is 9.76. The van der Waals surface area contributed by atoms with Crippen molar-refractivity contribution >= 4 is 28.9 Å².